The summed E-state index contributed by atoms with van der Waals surface area (Å²) < 4.78 is 2.02. The van der Waals surface area contributed by atoms with Crippen LogP contribution in [-0.2, 0) is 6.54 Å². The minimum atomic E-state index is 0.615. The predicted octanol–water partition coefficient (Wildman–Crippen LogP) is 4.14. The van der Waals surface area contributed by atoms with E-state index < -0.39 is 0 Å². The molecule has 2 aromatic heterocycles. The van der Waals surface area contributed by atoms with E-state index in [-0.39, 0.29) is 0 Å². The quantitative estimate of drug-likeness (QED) is 0.622. The van der Waals surface area contributed by atoms with Gasteiger partial charge in [-0.2, -0.15) is 9.97 Å². The molecule has 1 aliphatic heterocycles. The molecule has 0 saturated carbocycles. The summed E-state index contributed by atoms with van der Waals surface area (Å²) in [5.74, 6) is 1.30. The van der Waals surface area contributed by atoms with Gasteiger partial charge in [0.15, 0.2) is 17.0 Å². The van der Waals surface area contributed by atoms with Gasteiger partial charge in [0.2, 0.25) is 5.95 Å². The number of likely N-dealkylation sites (tertiary alicyclic amines) is 1. The summed E-state index contributed by atoms with van der Waals surface area (Å²) in [5, 5.41) is 7.41. The van der Waals surface area contributed by atoms with Crippen molar-refractivity contribution < 1.29 is 0 Å². The SMILES string of the molecule is CCn1cnc2c(Nc3cccc(Cl)c3)nc(NCCN3CCCCC3)nc21. The van der Waals surface area contributed by atoms with Gasteiger partial charge in [-0.3, -0.25) is 0 Å². The Kier molecular flexibility index (Phi) is 5.92. The molecule has 148 valence electrons. The molecule has 0 atom stereocenters. The lowest BCUT2D eigenvalue weighted by atomic mass is 10.1. The van der Waals surface area contributed by atoms with Crippen LogP contribution in [0.15, 0.2) is 30.6 Å². The molecule has 0 amide bonds. The maximum absolute atomic E-state index is 6.12. The smallest absolute Gasteiger partial charge is 0.226 e. The number of fused-ring (bicyclic) bond motifs is 1. The minimum absolute atomic E-state index is 0.615. The third-order valence-corrected chi connectivity index (χ3v) is 5.29. The fourth-order valence-electron chi connectivity index (χ4n) is 3.55. The Labute approximate surface area is 170 Å². The summed E-state index contributed by atoms with van der Waals surface area (Å²) >= 11 is 6.12. The first kappa shape index (κ1) is 19.0. The van der Waals surface area contributed by atoms with Crippen molar-refractivity contribution in [3.05, 3.63) is 35.6 Å². The van der Waals surface area contributed by atoms with Gasteiger partial charge in [-0.15, -0.1) is 0 Å². The average molecular weight is 400 g/mol. The van der Waals surface area contributed by atoms with Crippen LogP contribution < -0.4 is 10.6 Å². The molecule has 1 saturated heterocycles. The first-order valence-corrected chi connectivity index (χ1v) is 10.3. The maximum Gasteiger partial charge on any atom is 0.226 e. The lowest BCUT2D eigenvalue weighted by Gasteiger charge is -2.26. The second-order valence-electron chi connectivity index (χ2n) is 7.06. The topological polar surface area (TPSA) is 70.9 Å². The second kappa shape index (κ2) is 8.75. The summed E-state index contributed by atoms with van der Waals surface area (Å²) in [6.07, 6.45) is 5.75. The molecule has 0 aliphatic carbocycles. The van der Waals surface area contributed by atoms with Crippen molar-refractivity contribution in [3.63, 3.8) is 0 Å². The molecule has 8 heteroatoms. The first-order chi connectivity index (χ1) is 13.7. The van der Waals surface area contributed by atoms with Crippen LogP contribution in [-0.4, -0.2) is 50.6 Å². The third-order valence-electron chi connectivity index (χ3n) is 5.05. The summed E-state index contributed by atoms with van der Waals surface area (Å²) in [5.41, 5.74) is 2.45. The zero-order valence-corrected chi connectivity index (χ0v) is 16.9. The van der Waals surface area contributed by atoms with E-state index in [0.29, 0.717) is 16.8 Å². The van der Waals surface area contributed by atoms with Gasteiger partial charge in [-0.05, 0) is 51.1 Å². The van der Waals surface area contributed by atoms with Crippen molar-refractivity contribution in [2.45, 2.75) is 32.7 Å². The van der Waals surface area contributed by atoms with E-state index in [2.05, 4.69) is 32.4 Å². The average Bonchev–Trinajstić information content (AvgIpc) is 3.12. The largest absolute Gasteiger partial charge is 0.353 e. The van der Waals surface area contributed by atoms with Gasteiger partial charge in [0.1, 0.15) is 0 Å². The molecule has 1 aliphatic rings. The maximum atomic E-state index is 6.12. The molecule has 0 bridgehead atoms. The van der Waals surface area contributed by atoms with Crippen molar-refractivity contribution in [2.24, 2.45) is 0 Å². The number of hydrogen-bond acceptors (Lipinski definition) is 6. The molecule has 7 nitrogen and oxygen atoms in total. The van der Waals surface area contributed by atoms with Crippen molar-refractivity contribution >= 4 is 40.2 Å². The van der Waals surface area contributed by atoms with E-state index in [4.69, 9.17) is 16.6 Å². The number of hydrogen-bond donors (Lipinski definition) is 2. The zero-order valence-electron chi connectivity index (χ0n) is 16.2. The molecule has 1 fully saturated rings. The van der Waals surface area contributed by atoms with Crippen LogP contribution >= 0.6 is 11.6 Å². The molecular weight excluding hydrogens is 374 g/mol. The number of aryl methyl sites for hydroxylation is 1. The highest BCUT2D eigenvalue weighted by Crippen LogP contribution is 2.25. The summed E-state index contributed by atoms with van der Waals surface area (Å²) in [7, 11) is 0. The van der Waals surface area contributed by atoms with Crippen LogP contribution in [0, 0.1) is 0 Å². The number of aromatic nitrogens is 4. The zero-order chi connectivity index (χ0) is 19.3. The Morgan fingerprint density at radius 3 is 2.79 bits per heavy atom. The van der Waals surface area contributed by atoms with E-state index >= 15 is 0 Å². The van der Waals surface area contributed by atoms with Crippen LogP contribution in [0.5, 0.6) is 0 Å². The summed E-state index contributed by atoms with van der Waals surface area (Å²) in [6, 6.07) is 7.59. The van der Waals surface area contributed by atoms with E-state index in [1.54, 1.807) is 6.33 Å². The molecule has 3 heterocycles. The van der Waals surface area contributed by atoms with Crippen LogP contribution in [0.25, 0.3) is 11.2 Å². The van der Waals surface area contributed by atoms with E-state index in [1.165, 1.54) is 32.4 Å². The van der Waals surface area contributed by atoms with Crippen LogP contribution in [0.4, 0.5) is 17.5 Å². The fourth-order valence-corrected chi connectivity index (χ4v) is 3.74. The molecule has 0 spiro atoms. The van der Waals surface area contributed by atoms with Crippen molar-refractivity contribution in [1.82, 2.24) is 24.4 Å². The van der Waals surface area contributed by atoms with Crippen LogP contribution in [0.2, 0.25) is 5.02 Å². The van der Waals surface area contributed by atoms with Crippen LogP contribution in [0.3, 0.4) is 0 Å². The standard InChI is InChI=1S/C20H26ClN7/c1-2-28-14-23-17-18(24-16-8-6-7-15(21)13-16)25-20(26-19(17)28)22-9-12-27-10-4-3-5-11-27/h6-8,13-14H,2-5,9-12H2,1H3,(H2,22,24,25,26). The normalized spacial score (nSPS) is 15.1. The molecular formula is C20H26ClN7. The summed E-state index contributed by atoms with van der Waals surface area (Å²) in [4.78, 5) is 16.4. The number of anilines is 3. The van der Waals surface area contributed by atoms with Gasteiger partial charge in [-0.1, -0.05) is 24.1 Å². The van der Waals surface area contributed by atoms with Gasteiger partial charge in [0.25, 0.3) is 0 Å². The number of benzene rings is 1. The monoisotopic (exact) mass is 399 g/mol. The molecule has 0 unspecified atom stereocenters. The molecule has 3 aromatic rings. The number of rotatable bonds is 7. The summed E-state index contributed by atoms with van der Waals surface area (Å²) in [6.45, 7) is 7.08. The van der Waals surface area contributed by atoms with E-state index in [0.717, 1.165) is 36.5 Å². The van der Waals surface area contributed by atoms with Gasteiger partial charge >= 0.3 is 0 Å². The minimum Gasteiger partial charge on any atom is -0.353 e. The fraction of sp³-hybridized carbons (Fsp3) is 0.450. The lowest BCUT2D eigenvalue weighted by Crippen LogP contribution is -2.33. The molecule has 28 heavy (non-hydrogen) atoms. The molecule has 2 N–H and O–H groups in total. The highest BCUT2D eigenvalue weighted by atomic mass is 35.5. The highest BCUT2D eigenvalue weighted by Gasteiger charge is 2.14. The van der Waals surface area contributed by atoms with Crippen molar-refractivity contribution in [2.75, 3.05) is 36.8 Å². The predicted molar refractivity (Wildman–Crippen MR) is 115 cm³/mol. The molecule has 4 rings (SSSR count). The number of piperidine rings is 1. The third kappa shape index (κ3) is 4.36. The van der Waals surface area contributed by atoms with E-state index in [1.807, 2.05) is 28.8 Å². The number of nitrogens with zero attached hydrogens (tertiary/aromatic N) is 5. The second-order valence-corrected chi connectivity index (χ2v) is 7.50. The lowest BCUT2D eigenvalue weighted by molar-refractivity contribution is 0.237. The van der Waals surface area contributed by atoms with Crippen molar-refractivity contribution in [3.8, 4) is 0 Å². The van der Waals surface area contributed by atoms with Gasteiger partial charge in [-0.25, -0.2) is 4.98 Å². The van der Waals surface area contributed by atoms with Crippen molar-refractivity contribution in [1.29, 1.82) is 0 Å². The number of imidazole rings is 1. The Hall–Kier alpha value is -2.38. The molecule has 1 aromatic carbocycles. The van der Waals surface area contributed by atoms with Gasteiger partial charge in [0, 0.05) is 30.3 Å². The van der Waals surface area contributed by atoms with Gasteiger partial charge in [0.05, 0.1) is 6.33 Å². The molecule has 0 radical (unpaired) electrons. The van der Waals surface area contributed by atoms with E-state index in [9.17, 15) is 0 Å². The number of nitrogens with one attached hydrogen (secondary N) is 2. The first-order valence-electron chi connectivity index (χ1n) is 9.94. The Balaban J connectivity index is 1.55. The Morgan fingerprint density at radius 2 is 2.00 bits per heavy atom. The van der Waals surface area contributed by atoms with Crippen LogP contribution in [0.1, 0.15) is 26.2 Å². The highest BCUT2D eigenvalue weighted by molar-refractivity contribution is 6.30. The number of halogens is 1. The Bertz CT molecular complexity index is 933. The Morgan fingerprint density at radius 1 is 1.14 bits per heavy atom. The van der Waals surface area contributed by atoms with Gasteiger partial charge < -0.3 is 20.1 Å².